The van der Waals surface area contributed by atoms with E-state index in [-0.39, 0.29) is 5.72 Å². The Kier molecular flexibility index (Phi) is 2.75. The lowest BCUT2D eigenvalue weighted by Gasteiger charge is -2.36. The van der Waals surface area contributed by atoms with Crippen molar-refractivity contribution in [3.63, 3.8) is 0 Å². The average molecular weight is 223 g/mol. The molecule has 1 heterocycles. The van der Waals surface area contributed by atoms with Crippen LogP contribution in [0.5, 0.6) is 0 Å². The molecule has 92 valence electrons. The van der Waals surface area contributed by atoms with E-state index in [4.69, 9.17) is 4.74 Å². The molecule has 0 unspecified atom stereocenters. The minimum absolute atomic E-state index is 0.0402. The number of rotatable bonds is 3. The summed E-state index contributed by atoms with van der Waals surface area (Å²) in [4.78, 5) is 0. The highest BCUT2D eigenvalue weighted by Gasteiger charge is 2.49. The predicted molar refractivity (Wildman–Crippen MR) is 65.3 cm³/mol. The summed E-state index contributed by atoms with van der Waals surface area (Å²) in [5.74, 6) is 0.950. The fraction of sp³-hybridized carbons (Fsp3) is 1.00. The van der Waals surface area contributed by atoms with Crippen molar-refractivity contribution in [3.05, 3.63) is 0 Å². The maximum atomic E-state index is 6.22. The Morgan fingerprint density at radius 1 is 1.19 bits per heavy atom. The van der Waals surface area contributed by atoms with E-state index in [1.54, 1.807) is 0 Å². The van der Waals surface area contributed by atoms with Gasteiger partial charge in [-0.25, -0.2) is 0 Å². The van der Waals surface area contributed by atoms with Gasteiger partial charge in [-0.05, 0) is 31.6 Å². The highest BCUT2D eigenvalue weighted by molar-refractivity contribution is 5.02. The summed E-state index contributed by atoms with van der Waals surface area (Å²) >= 11 is 0. The first-order valence-electron chi connectivity index (χ1n) is 7.19. The minimum Gasteiger partial charge on any atom is -0.359 e. The van der Waals surface area contributed by atoms with Crippen LogP contribution < -0.4 is 5.32 Å². The van der Waals surface area contributed by atoms with Crippen LogP contribution in [0.15, 0.2) is 0 Å². The molecule has 3 rings (SSSR count). The zero-order valence-corrected chi connectivity index (χ0v) is 10.6. The Morgan fingerprint density at radius 3 is 2.56 bits per heavy atom. The van der Waals surface area contributed by atoms with E-state index >= 15 is 0 Å². The predicted octanol–water partition coefficient (Wildman–Crippen LogP) is 3.22. The van der Waals surface area contributed by atoms with E-state index in [1.807, 2.05) is 0 Å². The number of nitrogens with one attached hydrogen (secondary N) is 1. The zero-order valence-electron chi connectivity index (χ0n) is 10.6. The van der Waals surface area contributed by atoms with Gasteiger partial charge < -0.3 is 4.74 Å². The summed E-state index contributed by atoms with van der Waals surface area (Å²) in [6.07, 6.45) is 12.1. The maximum Gasteiger partial charge on any atom is 0.119 e. The lowest BCUT2D eigenvalue weighted by molar-refractivity contribution is -0.0244. The first-order chi connectivity index (χ1) is 7.76. The highest BCUT2D eigenvalue weighted by Crippen LogP contribution is 2.44. The third-order valence-electron chi connectivity index (χ3n) is 4.81. The Balaban J connectivity index is 1.68. The number of hydrogen-bond acceptors (Lipinski definition) is 2. The van der Waals surface area contributed by atoms with Crippen LogP contribution >= 0.6 is 0 Å². The van der Waals surface area contributed by atoms with Crippen molar-refractivity contribution in [2.75, 3.05) is 6.61 Å². The molecule has 0 amide bonds. The molecule has 1 saturated heterocycles. The minimum atomic E-state index is 0.0402. The van der Waals surface area contributed by atoms with E-state index in [9.17, 15) is 0 Å². The molecule has 16 heavy (non-hydrogen) atoms. The smallest absolute Gasteiger partial charge is 0.119 e. The van der Waals surface area contributed by atoms with Crippen LogP contribution in [-0.2, 0) is 4.74 Å². The van der Waals surface area contributed by atoms with Crippen LogP contribution in [0.1, 0.15) is 64.7 Å². The van der Waals surface area contributed by atoms with Crippen LogP contribution in [0.25, 0.3) is 0 Å². The maximum absolute atomic E-state index is 6.22. The Labute approximate surface area is 99.1 Å². The normalized spacial score (nSPS) is 38.1. The van der Waals surface area contributed by atoms with Crippen molar-refractivity contribution < 1.29 is 4.74 Å². The van der Waals surface area contributed by atoms with Crippen LogP contribution in [0, 0.1) is 5.92 Å². The second-order valence-electron chi connectivity index (χ2n) is 6.25. The van der Waals surface area contributed by atoms with E-state index in [2.05, 4.69) is 12.2 Å². The molecule has 1 aliphatic heterocycles. The molecule has 2 aliphatic carbocycles. The summed E-state index contributed by atoms with van der Waals surface area (Å²) in [6.45, 7) is 3.24. The van der Waals surface area contributed by atoms with Crippen LogP contribution in [-0.4, -0.2) is 17.9 Å². The lowest BCUT2D eigenvalue weighted by atomic mass is 9.82. The fourth-order valence-electron chi connectivity index (χ4n) is 3.56. The molecule has 0 aromatic rings. The van der Waals surface area contributed by atoms with Crippen molar-refractivity contribution in [1.82, 2.24) is 5.32 Å². The van der Waals surface area contributed by atoms with Gasteiger partial charge in [0.2, 0.25) is 0 Å². The standard InChI is InChI=1S/C14H25NO/c1-2-14(10-12-6-7-12)15-13(11-16-14)8-4-3-5-9-13/h12,15H,2-11H2,1H3/t14-/m0/s1. The molecule has 0 aromatic carbocycles. The second kappa shape index (κ2) is 3.99. The van der Waals surface area contributed by atoms with E-state index in [0.717, 1.165) is 18.9 Å². The van der Waals surface area contributed by atoms with Gasteiger partial charge in [-0.15, -0.1) is 0 Å². The SMILES string of the molecule is CC[C@]1(CC2CC2)NC2(CCCCC2)CO1. The lowest BCUT2D eigenvalue weighted by Crippen LogP contribution is -2.52. The molecule has 2 heteroatoms. The second-order valence-corrected chi connectivity index (χ2v) is 6.25. The third kappa shape index (κ3) is 2.02. The number of ether oxygens (including phenoxy) is 1. The van der Waals surface area contributed by atoms with Gasteiger partial charge >= 0.3 is 0 Å². The molecule has 0 aromatic heterocycles. The van der Waals surface area contributed by atoms with E-state index < -0.39 is 0 Å². The van der Waals surface area contributed by atoms with Gasteiger partial charge in [0.15, 0.2) is 0 Å². The van der Waals surface area contributed by atoms with Crippen molar-refractivity contribution in [2.24, 2.45) is 5.92 Å². The topological polar surface area (TPSA) is 21.3 Å². The molecular formula is C14H25NO. The van der Waals surface area contributed by atoms with Crippen molar-refractivity contribution in [3.8, 4) is 0 Å². The Morgan fingerprint density at radius 2 is 1.94 bits per heavy atom. The van der Waals surface area contributed by atoms with Crippen molar-refractivity contribution in [1.29, 1.82) is 0 Å². The number of hydrogen-bond donors (Lipinski definition) is 1. The van der Waals surface area contributed by atoms with E-state index in [1.165, 1.54) is 51.4 Å². The molecule has 2 saturated carbocycles. The molecule has 3 fully saturated rings. The summed E-state index contributed by atoms with van der Waals surface area (Å²) in [5, 5.41) is 3.92. The molecule has 0 radical (unpaired) electrons. The van der Waals surface area contributed by atoms with Crippen molar-refractivity contribution >= 4 is 0 Å². The van der Waals surface area contributed by atoms with Crippen LogP contribution in [0.3, 0.4) is 0 Å². The molecule has 1 spiro atoms. The van der Waals surface area contributed by atoms with Crippen LogP contribution in [0.2, 0.25) is 0 Å². The van der Waals surface area contributed by atoms with Gasteiger partial charge in [-0.2, -0.15) is 0 Å². The fourth-order valence-corrected chi connectivity index (χ4v) is 3.56. The van der Waals surface area contributed by atoms with Gasteiger partial charge in [0.1, 0.15) is 5.72 Å². The Bertz CT molecular complexity index is 255. The summed E-state index contributed by atoms with van der Waals surface area (Å²) in [6, 6.07) is 0. The summed E-state index contributed by atoms with van der Waals surface area (Å²) in [7, 11) is 0. The molecule has 1 atom stereocenters. The zero-order chi connectivity index (χ0) is 11.1. The molecule has 3 aliphatic rings. The molecular weight excluding hydrogens is 198 g/mol. The molecule has 0 bridgehead atoms. The van der Waals surface area contributed by atoms with Crippen LogP contribution in [0.4, 0.5) is 0 Å². The first kappa shape index (κ1) is 11.0. The van der Waals surface area contributed by atoms with Gasteiger partial charge in [-0.3, -0.25) is 5.32 Å². The van der Waals surface area contributed by atoms with Gasteiger partial charge in [0, 0.05) is 5.54 Å². The largest absolute Gasteiger partial charge is 0.359 e. The monoisotopic (exact) mass is 223 g/mol. The van der Waals surface area contributed by atoms with Gasteiger partial charge in [-0.1, -0.05) is 39.0 Å². The summed E-state index contributed by atoms with van der Waals surface area (Å²) in [5.41, 5.74) is 0.391. The first-order valence-corrected chi connectivity index (χ1v) is 7.19. The molecule has 2 nitrogen and oxygen atoms in total. The highest BCUT2D eigenvalue weighted by atomic mass is 16.5. The van der Waals surface area contributed by atoms with Gasteiger partial charge in [0.05, 0.1) is 6.61 Å². The third-order valence-corrected chi connectivity index (χ3v) is 4.81. The van der Waals surface area contributed by atoms with Crippen molar-refractivity contribution in [2.45, 2.75) is 76.0 Å². The molecule has 1 N–H and O–H groups in total. The Hall–Kier alpha value is -0.0800. The summed E-state index contributed by atoms with van der Waals surface area (Å²) < 4.78 is 6.22. The average Bonchev–Trinajstić information content (AvgIpc) is 3.05. The quantitative estimate of drug-likeness (QED) is 0.793. The van der Waals surface area contributed by atoms with Gasteiger partial charge in [0.25, 0.3) is 0 Å². The van der Waals surface area contributed by atoms with E-state index in [0.29, 0.717) is 5.54 Å².